The van der Waals surface area contributed by atoms with E-state index < -0.39 is 17.9 Å². The zero-order valence-electron chi connectivity index (χ0n) is 23.7. The van der Waals surface area contributed by atoms with Crippen molar-refractivity contribution in [3.63, 3.8) is 0 Å². The lowest BCUT2D eigenvalue weighted by molar-refractivity contribution is -0.144. The summed E-state index contributed by atoms with van der Waals surface area (Å²) < 4.78 is 10.1. The summed E-state index contributed by atoms with van der Waals surface area (Å²) in [6.07, 6.45) is 16.6. The lowest BCUT2D eigenvalue weighted by Gasteiger charge is -2.12. The van der Waals surface area contributed by atoms with Crippen molar-refractivity contribution in [1.82, 2.24) is 5.32 Å². The summed E-state index contributed by atoms with van der Waals surface area (Å²) >= 11 is 0. The second-order valence-electron chi connectivity index (χ2n) is 10.1. The Morgan fingerprint density at radius 1 is 0.658 bits per heavy atom. The number of ketones is 1. The molecule has 1 atom stereocenters. The monoisotopic (exact) mass is 543 g/mol. The molecular formula is C29H53NO8. The summed E-state index contributed by atoms with van der Waals surface area (Å²) in [5.74, 6) is -2.81. The van der Waals surface area contributed by atoms with E-state index in [9.17, 15) is 24.3 Å². The minimum absolute atomic E-state index is 0.00885. The smallest absolute Gasteiger partial charge is 0.306 e. The molecule has 0 saturated heterocycles. The average molecular weight is 544 g/mol. The van der Waals surface area contributed by atoms with E-state index in [0.717, 1.165) is 38.5 Å². The average Bonchev–Trinajstić information content (AvgIpc) is 2.87. The van der Waals surface area contributed by atoms with Gasteiger partial charge in [0.25, 0.3) is 0 Å². The molecule has 1 unspecified atom stereocenters. The van der Waals surface area contributed by atoms with Crippen LogP contribution in [0.2, 0.25) is 0 Å². The van der Waals surface area contributed by atoms with Crippen molar-refractivity contribution < 1.29 is 38.9 Å². The first-order valence-corrected chi connectivity index (χ1v) is 14.7. The number of Topliss-reactive ketones (excluding diaryl/α,β-unsaturated/α-hetero) is 1. The Labute approximate surface area is 229 Å². The number of hydrogen-bond acceptors (Lipinski definition) is 6. The van der Waals surface area contributed by atoms with Crippen molar-refractivity contribution in [2.24, 2.45) is 5.92 Å². The topological polar surface area (TPSA) is 139 Å². The highest BCUT2D eigenvalue weighted by molar-refractivity contribution is 5.84. The van der Waals surface area contributed by atoms with Crippen LogP contribution in [0.3, 0.4) is 0 Å². The van der Waals surface area contributed by atoms with Gasteiger partial charge < -0.3 is 25.0 Å². The first kappa shape index (κ1) is 36.0. The Hall–Kier alpha value is -2.00. The molecule has 1 amide bonds. The van der Waals surface area contributed by atoms with Crippen LogP contribution in [0.25, 0.3) is 0 Å². The molecule has 0 heterocycles. The van der Waals surface area contributed by atoms with E-state index in [-0.39, 0.29) is 37.4 Å². The Bertz CT molecular complexity index is 626. The molecule has 0 aliphatic heterocycles. The van der Waals surface area contributed by atoms with Gasteiger partial charge in [0.2, 0.25) is 5.91 Å². The fourth-order valence-electron chi connectivity index (χ4n) is 4.31. The van der Waals surface area contributed by atoms with Crippen LogP contribution in [0.4, 0.5) is 0 Å². The number of carbonyl (C=O) groups excluding carboxylic acids is 2. The first-order chi connectivity index (χ1) is 18.4. The third-order valence-corrected chi connectivity index (χ3v) is 6.64. The van der Waals surface area contributed by atoms with Gasteiger partial charge in [-0.2, -0.15) is 0 Å². The molecule has 222 valence electrons. The number of rotatable bonds is 29. The van der Waals surface area contributed by atoms with Crippen LogP contribution in [-0.2, 0) is 28.7 Å². The highest BCUT2D eigenvalue weighted by Crippen LogP contribution is 2.17. The maximum Gasteiger partial charge on any atom is 0.306 e. The SMILES string of the molecule is COCCOCCNC(=O)CCC(CC(=O)CCCCCCCCCCCCCCCCC(=O)O)C(=O)O. The quantitative estimate of drug-likeness (QED) is 0.105. The van der Waals surface area contributed by atoms with Gasteiger partial charge in [-0.25, -0.2) is 0 Å². The van der Waals surface area contributed by atoms with Crippen LogP contribution in [-0.4, -0.2) is 67.3 Å². The Balaban J connectivity index is 3.63. The molecule has 0 radical (unpaired) electrons. The highest BCUT2D eigenvalue weighted by Gasteiger charge is 2.22. The van der Waals surface area contributed by atoms with Gasteiger partial charge in [0, 0.05) is 39.3 Å². The number of amides is 1. The van der Waals surface area contributed by atoms with E-state index in [1.54, 1.807) is 7.11 Å². The molecular weight excluding hydrogens is 490 g/mol. The summed E-state index contributed by atoms with van der Waals surface area (Å²) in [6.45, 7) is 1.68. The molecule has 0 saturated carbocycles. The number of ether oxygens (including phenoxy) is 2. The number of unbranched alkanes of at least 4 members (excludes halogenated alkanes) is 13. The molecule has 0 aromatic rings. The lowest BCUT2D eigenvalue weighted by Crippen LogP contribution is -2.29. The third kappa shape index (κ3) is 25.6. The highest BCUT2D eigenvalue weighted by atomic mass is 16.5. The van der Waals surface area contributed by atoms with Crippen LogP contribution < -0.4 is 5.32 Å². The number of carboxylic acid groups (broad SMARTS) is 2. The van der Waals surface area contributed by atoms with Crippen LogP contribution in [0.5, 0.6) is 0 Å². The number of nitrogens with one attached hydrogen (secondary N) is 1. The van der Waals surface area contributed by atoms with E-state index in [1.165, 1.54) is 51.4 Å². The molecule has 0 spiro atoms. The molecule has 0 rings (SSSR count). The lowest BCUT2D eigenvalue weighted by atomic mass is 9.94. The Morgan fingerprint density at radius 3 is 1.63 bits per heavy atom. The van der Waals surface area contributed by atoms with Crippen molar-refractivity contribution in [1.29, 1.82) is 0 Å². The fraction of sp³-hybridized carbons (Fsp3) is 0.862. The minimum Gasteiger partial charge on any atom is -0.481 e. The summed E-state index contributed by atoms with van der Waals surface area (Å²) in [5.41, 5.74) is 0. The fourth-order valence-corrected chi connectivity index (χ4v) is 4.31. The molecule has 0 bridgehead atoms. The molecule has 0 aliphatic rings. The van der Waals surface area contributed by atoms with Gasteiger partial charge in [-0.1, -0.05) is 77.0 Å². The number of carboxylic acids is 2. The van der Waals surface area contributed by atoms with Crippen LogP contribution in [0.1, 0.15) is 122 Å². The third-order valence-electron chi connectivity index (χ3n) is 6.64. The van der Waals surface area contributed by atoms with E-state index >= 15 is 0 Å². The van der Waals surface area contributed by atoms with Gasteiger partial charge in [0.05, 0.1) is 25.7 Å². The van der Waals surface area contributed by atoms with Crippen molar-refractivity contribution in [3.8, 4) is 0 Å². The molecule has 0 aliphatic carbocycles. The zero-order valence-corrected chi connectivity index (χ0v) is 23.7. The normalized spacial score (nSPS) is 11.8. The van der Waals surface area contributed by atoms with Crippen molar-refractivity contribution in [3.05, 3.63) is 0 Å². The molecule has 3 N–H and O–H groups in total. The summed E-state index contributed by atoms with van der Waals surface area (Å²) in [6, 6.07) is 0. The predicted molar refractivity (Wildman–Crippen MR) is 147 cm³/mol. The molecule has 0 aromatic heterocycles. The van der Waals surface area contributed by atoms with Gasteiger partial charge in [-0.3, -0.25) is 19.2 Å². The van der Waals surface area contributed by atoms with Crippen LogP contribution >= 0.6 is 0 Å². The Morgan fingerprint density at radius 2 is 1.16 bits per heavy atom. The standard InChI is InChI=1S/C29H53NO8/c1-37-22-23-38-21-20-30-27(32)19-18-25(29(35)36)24-26(31)16-14-12-10-8-6-4-2-3-5-7-9-11-13-15-17-28(33)34/h25H,2-24H2,1H3,(H,30,32)(H,33,34)(H,35,36). The van der Waals surface area contributed by atoms with E-state index in [4.69, 9.17) is 14.6 Å². The molecule has 9 nitrogen and oxygen atoms in total. The van der Waals surface area contributed by atoms with Crippen molar-refractivity contribution in [2.45, 2.75) is 122 Å². The van der Waals surface area contributed by atoms with Gasteiger partial charge in [0.15, 0.2) is 0 Å². The number of carbonyl (C=O) groups is 4. The van der Waals surface area contributed by atoms with Crippen molar-refractivity contribution >= 4 is 23.6 Å². The van der Waals surface area contributed by atoms with Crippen molar-refractivity contribution in [2.75, 3.05) is 33.5 Å². The molecule has 0 fully saturated rings. The maximum absolute atomic E-state index is 12.2. The predicted octanol–water partition coefficient (Wildman–Crippen LogP) is 5.53. The molecule has 0 aromatic carbocycles. The largest absolute Gasteiger partial charge is 0.481 e. The van der Waals surface area contributed by atoms with E-state index in [0.29, 0.717) is 32.8 Å². The van der Waals surface area contributed by atoms with Crippen LogP contribution in [0, 0.1) is 5.92 Å². The summed E-state index contributed by atoms with van der Waals surface area (Å²) in [4.78, 5) is 46.1. The number of aliphatic carboxylic acids is 2. The molecule has 9 heteroatoms. The number of hydrogen-bond donors (Lipinski definition) is 3. The van der Waals surface area contributed by atoms with Gasteiger partial charge in [0.1, 0.15) is 5.78 Å². The molecule has 38 heavy (non-hydrogen) atoms. The number of methoxy groups -OCH3 is 1. The second-order valence-corrected chi connectivity index (χ2v) is 10.1. The van der Waals surface area contributed by atoms with E-state index in [2.05, 4.69) is 5.32 Å². The van der Waals surface area contributed by atoms with Gasteiger partial charge >= 0.3 is 11.9 Å². The van der Waals surface area contributed by atoms with Crippen LogP contribution in [0.15, 0.2) is 0 Å². The summed E-state index contributed by atoms with van der Waals surface area (Å²) in [5, 5.41) is 20.7. The Kier molecular flexibility index (Phi) is 25.2. The second kappa shape index (κ2) is 26.6. The van der Waals surface area contributed by atoms with E-state index in [1.807, 2.05) is 0 Å². The maximum atomic E-state index is 12.2. The van der Waals surface area contributed by atoms with Gasteiger partial charge in [-0.15, -0.1) is 0 Å². The van der Waals surface area contributed by atoms with Gasteiger partial charge in [-0.05, 0) is 19.3 Å². The zero-order chi connectivity index (χ0) is 28.3. The first-order valence-electron chi connectivity index (χ1n) is 14.7. The minimum atomic E-state index is -1.02. The summed E-state index contributed by atoms with van der Waals surface area (Å²) in [7, 11) is 1.58.